The molecular weight excluding hydrogens is 885 g/mol. The van der Waals surface area contributed by atoms with Crippen LogP contribution in [0.25, 0.3) is 0 Å². The highest BCUT2D eigenvalue weighted by molar-refractivity contribution is 7.84. The summed E-state index contributed by atoms with van der Waals surface area (Å²) in [5.74, 6) is -2.19. The summed E-state index contributed by atoms with van der Waals surface area (Å²) in [5, 5.41) is 63.0. The lowest BCUT2D eigenvalue weighted by Gasteiger charge is -2.48. The second kappa shape index (κ2) is 17.7. The number of aliphatic hydroxyl groups is 5. The first-order chi connectivity index (χ1) is 24.8. The average Bonchev–Trinajstić information content (AvgIpc) is 2.98. The van der Waals surface area contributed by atoms with Crippen molar-refractivity contribution in [2.45, 2.75) is 92.0 Å². The van der Waals surface area contributed by atoms with Gasteiger partial charge in [0.05, 0.1) is 13.2 Å². The molecule has 32 nitrogen and oxygen atoms in total. The third kappa shape index (κ3) is 14.0. The van der Waals surface area contributed by atoms with Crippen LogP contribution < -0.4 is 9.44 Å². The van der Waals surface area contributed by atoms with Gasteiger partial charge in [-0.05, 0) is 0 Å². The molecule has 0 saturated carbocycles. The maximum absolute atomic E-state index is 12.3. The van der Waals surface area contributed by atoms with Crippen molar-refractivity contribution in [3.8, 4) is 0 Å². The fraction of sp³-hybridized carbons (Fsp3) is 0.944. The van der Waals surface area contributed by atoms with Crippen molar-refractivity contribution in [3.63, 3.8) is 0 Å². The molecule has 3 heterocycles. The molecule has 55 heavy (non-hydrogen) atoms. The van der Waals surface area contributed by atoms with E-state index in [0.29, 0.717) is 0 Å². The van der Waals surface area contributed by atoms with Crippen molar-refractivity contribution < 1.29 is 137 Å². The molecule has 13 N–H and O–H groups in total. The molecule has 3 aliphatic heterocycles. The molecule has 3 fully saturated rings. The van der Waals surface area contributed by atoms with Gasteiger partial charge in [0.1, 0.15) is 67.0 Å². The minimum atomic E-state index is -5.81. The van der Waals surface area contributed by atoms with Crippen molar-refractivity contribution in [2.24, 2.45) is 0 Å². The van der Waals surface area contributed by atoms with Gasteiger partial charge in [-0.2, -0.15) is 51.5 Å². The van der Waals surface area contributed by atoms with Crippen LogP contribution in [0.5, 0.6) is 0 Å². The second-order valence-corrected chi connectivity index (χ2v) is 16.8. The molecule has 15 atom stereocenters. The van der Waals surface area contributed by atoms with Crippen LogP contribution in [-0.2, 0) is 92.8 Å². The number of hydrogen-bond donors (Lipinski definition) is 13. The van der Waals surface area contributed by atoms with E-state index in [1.165, 1.54) is 9.44 Å². The quantitative estimate of drug-likeness (QED) is 0.0603. The number of hydrogen-bond acceptors (Lipinski definition) is 24. The van der Waals surface area contributed by atoms with E-state index in [0.717, 1.165) is 0 Å². The zero-order valence-corrected chi connectivity index (χ0v) is 30.4. The monoisotopic (exact) mass is 916 g/mol. The van der Waals surface area contributed by atoms with Gasteiger partial charge in [0.15, 0.2) is 25.0 Å². The molecule has 3 rings (SSSR count). The van der Waals surface area contributed by atoms with E-state index in [-0.39, 0.29) is 0 Å². The molecule has 0 aromatic rings. The number of carboxylic acid groups (broad SMARTS) is 1. The summed E-state index contributed by atoms with van der Waals surface area (Å²) >= 11 is 0. The summed E-state index contributed by atoms with van der Waals surface area (Å²) < 4.78 is 201. The van der Waals surface area contributed by atoms with Crippen molar-refractivity contribution in [2.75, 3.05) is 13.2 Å². The Morgan fingerprint density at radius 2 is 1.04 bits per heavy atom. The highest BCUT2D eigenvalue weighted by Crippen LogP contribution is 2.34. The lowest BCUT2D eigenvalue weighted by atomic mass is 9.95. The second-order valence-electron chi connectivity index (χ2n) is 11.2. The Kier molecular flexibility index (Phi) is 15.4. The number of rotatable bonds is 17. The van der Waals surface area contributed by atoms with Gasteiger partial charge in [-0.15, -0.1) is 0 Å². The largest absolute Gasteiger partial charge is 0.479 e. The predicted octanol–water partition coefficient (Wildman–Crippen LogP) is -9.20. The molecule has 3 saturated heterocycles. The first-order valence-corrected chi connectivity index (χ1v) is 21.0. The molecule has 0 aromatic carbocycles. The molecule has 3 aliphatic rings. The molecular formula is C18H32N2O30S5. The van der Waals surface area contributed by atoms with Gasteiger partial charge < -0.3 is 54.3 Å². The Hall–Kier alpha value is -1.58. The molecule has 0 aliphatic carbocycles. The zero-order chi connectivity index (χ0) is 42.2. The summed E-state index contributed by atoms with van der Waals surface area (Å²) in [7, 11) is -27.4. The number of carbonyl (C=O) groups is 1. The van der Waals surface area contributed by atoms with Gasteiger partial charge >= 0.3 is 57.8 Å². The van der Waals surface area contributed by atoms with Crippen LogP contribution in [0.2, 0.25) is 0 Å². The van der Waals surface area contributed by atoms with Crippen LogP contribution in [-0.4, -0.2) is 207 Å². The Balaban J connectivity index is 2.03. The average molecular weight is 917 g/mol. The van der Waals surface area contributed by atoms with Gasteiger partial charge in [-0.25, -0.2) is 17.3 Å². The van der Waals surface area contributed by atoms with Crippen LogP contribution in [0.15, 0.2) is 0 Å². The molecule has 0 radical (unpaired) electrons. The van der Waals surface area contributed by atoms with Crippen molar-refractivity contribution in [1.82, 2.24) is 9.44 Å². The van der Waals surface area contributed by atoms with Gasteiger partial charge in [-0.1, -0.05) is 0 Å². The Morgan fingerprint density at radius 3 is 1.51 bits per heavy atom. The van der Waals surface area contributed by atoms with E-state index in [2.05, 4.69) is 12.5 Å². The fourth-order valence-electron chi connectivity index (χ4n) is 5.17. The molecule has 6 unspecified atom stereocenters. The number of aliphatic hydroxyl groups excluding tert-OH is 5. The van der Waals surface area contributed by atoms with Crippen LogP contribution in [0.3, 0.4) is 0 Å². The Labute approximate surface area is 308 Å². The molecule has 0 aromatic heterocycles. The van der Waals surface area contributed by atoms with E-state index in [1.54, 1.807) is 0 Å². The number of nitrogens with one attached hydrogen (secondary N) is 2. The van der Waals surface area contributed by atoms with Gasteiger partial charge in [0.2, 0.25) is 0 Å². The van der Waals surface area contributed by atoms with Gasteiger partial charge in [-0.3, -0.25) is 22.8 Å². The van der Waals surface area contributed by atoms with E-state index in [9.17, 15) is 91.2 Å². The van der Waals surface area contributed by atoms with Crippen molar-refractivity contribution in [1.29, 1.82) is 0 Å². The maximum Gasteiger partial charge on any atom is 0.397 e. The summed E-state index contributed by atoms with van der Waals surface area (Å²) in [6, 6.07) is -4.98. The standard InChI is InChI=1S/C18H32N2O30S5/c21-7-3(1-43-53(34,35)36)46-17(5(8(7)22)19-51(28,29)30)48-13-9(23)10(24)18(49-14(13)15(25)26)47-11-4(2-44-54(37,38)39)45-16(27)6(20-52(31,32)33)12(11)50-55(40,41)42/h3-14,16-24,27H,1-2H2,(H,25,26)(H,28,29,30)(H,31,32,33)(H,34,35,36)(H,37,38,39)(H,40,41,42)/t3?,4?,5?,6?,7-,8+,9+,10?,11-,12-,13+,14?,16-,17+,18-/m1/s1. The molecule has 0 spiro atoms. The van der Waals surface area contributed by atoms with E-state index < -0.39 is 163 Å². The van der Waals surface area contributed by atoms with Gasteiger partial charge in [0, 0.05) is 0 Å². The summed E-state index contributed by atoms with van der Waals surface area (Å²) in [6.45, 7) is -2.90. The smallest absolute Gasteiger partial charge is 0.397 e. The number of carboxylic acids is 1. The molecule has 37 heteroatoms. The third-order valence-electron chi connectivity index (χ3n) is 7.30. The first-order valence-electron chi connectivity index (χ1n) is 14.1. The topological polar surface area (TPSA) is 508 Å². The molecule has 0 bridgehead atoms. The van der Waals surface area contributed by atoms with Crippen molar-refractivity contribution >= 4 is 57.8 Å². The lowest BCUT2D eigenvalue weighted by Crippen LogP contribution is -2.69. The maximum atomic E-state index is 12.3. The lowest BCUT2D eigenvalue weighted by molar-refractivity contribution is -0.359. The van der Waals surface area contributed by atoms with Gasteiger partial charge in [0.25, 0.3) is 0 Å². The van der Waals surface area contributed by atoms with E-state index in [4.69, 9.17) is 32.8 Å². The normalized spacial score (nSPS) is 38.4. The highest BCUT2D eigenvalue weighted by atomic mass is 32.3. The highest BCUT2D eigenvalue weighted by Gasteiger charge is 2.57. The van der Waals surface area contributed by atoms with E-state index in [1.807, 2.05) is 0 Å². The van der Waals surface area contributed by atoms with Crippen LogP contribution >= 0.6 is 0 Å². The Morgan fingerprint density at radius 1 is 0.545 bits per heavy atom. The third-order valence-corrected chi connectivity index (χ3v) is 9.78. The predicted molar refractivity (Wildman–Crippen MR) is 158 cm³/mol. The minimum absolute atomic E-state index is 1.21. The zero-order valence-electron chi connectivity index (χ0n) is 26.3. The van der Waals surface area contributed by atoms with Crippen molar-refractivity contribution in [3.05, 3.63) is 0 Å². The summed E-state index contributed by atoms with van der Waals surface area (Å²) in [4.78, 5) is 12.3. The molecule has 324 valence electrons. The minimum Gasteiger partial charge on any atom is -0.479 e. The number of ether oxygens (including phenoxy) is 5. The van der Waals surface area contributed by atoms with Crippen LogP contribution in [0, 0.1) is 0 Å². The van der Waals surface area contributed by atoms with Crippen LogP contribution in [0.1, 0.15) is 0 Å². The molecule has 0 amide bonds. The SMILES string of the molecule is O=C(O)C1O[C@@H](O[C@@H]2C(COS(=O)(=O)O)O[C@@H](O)C(NS(=O)(=O)O)[C@H]2OS(=O)(=O)O)C(O)[C@H](O)[C@@H]1O[C@@H]1OC(COS(=O)(=O)O)[C@@H](O)[C@@H](O)C1NS(=O)(=O)O. The fourth-order valence-corrected chi connectivity index (χ4v) is 7.48. The Bertz CT molecular complexity index is 1910. The number of aliphatic carboxylic acids is 1. The summed E-state index contributed by atoms with van der Waals surface area (Å²) in [5.41, 5.74) is 0. The summed E-state index contributed by atoms with van der Waals surface area (Å²) in [6.07, 6.45) is -33.3. The van der Waals surface area contributed by atoms with Crippen LogP contribution in [0.4, 0.5) is 0 Å². The van der Waals surface area contributed by atoms with E-state index >= 15 is 0 Å². The first kappa shape index (κ1) is 47.8.